The third-order valence-electron chi connectivity index (χ3n) is 6.93. The minimum Gasteiger partial charge on any atom is -0.493 e. The topological polar surface area (TPSA) is 121 Å². The van der Waals surface area contributed by atoms with Gasteiger partial charge in [0.05, 0.1) is 36.3 Å². The predicted octanol–water partition coefficient (Wildman–Crippen LogP) is 2.86. The first-order chi connectivity index (χ1) is 19.9. The van der Waals surface area contributed by atoms with Crippen LogP contribution in [0.25, 0.3) is 10.9 Å². The molecule has 0 radical (unpaired) electrons. The van der Waals surface area contributed by atoms with Gasteiger partial charge in [0.1, 0.15) is 12.3 Å². The Morgan fingerprint density at radius 3 is 2.93 bits per heavy atom. The molecule has 0 aliphatic carbocycles. The molecule has 0 unspecified atom stereocenters. The molecule has 41 heavy (non-hydrogen) atoms. The highest BCUT2D eigenvalue weighted by Gasteiger charge is 2.23. The molecule has 1 saturated heterocycles. The smallest absolute Gasteiger partial charge is 0.246 e. The second kappa shape index (κ2) is 13.0. The summed E-state index contributed by atoms with van der Waals surface area (Å²) in [6.45, 7) is 4.22. The third kappa shape index (κ3) is 7.31. The van der Waals surface area contributed by atoms with Crippen LogP contribution in [-0.2, 0) is 11.3 Å². The maximum Gasteiger partial charge on any atom is 0.246 e. The number of rotatable bonds is 11. The van der Waals surface area contributed by atoms with Gasteiger partial charge in [-0.1, -0.05) is 6.07 Å². The average Bonchev–Trinajstić information content (AvgIpc) is 3.40. The van der Waals surface area contributed by atoms with Crippen LogP contribution < -0.4 is 15.4 Å². The van der Waals surface area contributed by atoms with E-state index in [1.54, 1.807) is 12.4 Å². The fourth-order valence-corrected chi connectivity index (χ4v) is 4.62. The fraction of sp³-hybridized carbons (Fsp3) is 0.357. The lowest BCUT2D eigenvalue weighted by Crippen LogP contribution is -2.53. The summed E-state index contributed by atoms with van der Waals surface area (Å²) in [4.78, 5) is 25.7. The summed E-state index contributed by atoms with van der Waals surface area (Å²) in [5, 5.41) is 19.9. The maximum absolute atomic E-state index is 13.8. The number of nitrogens with one attached hydrogen (secondary N) is 2. The Balaban J connectivity index is 1.13. The molecule has 2 aromatic heterocycles. The SMILES string of the molecule is CN1CCN(CCCOc2ccc3cnc(Nc4cnn(CC(=O)Nc5cccc(F)c5F)c4)nc3c2)C[C@H]1CO. The minimum absolute atomic E-state index is 0.166. The number of carbonyl (C=O) groups is 1. The molecule has 13 heteroatoms. The number of ether oxygens (including phenoxy) is 1. The van der Waals surface area contributed by atoms with Crippen molar-refractivity contribution in [1.82, 2.24) is 29.5 Å². The van der Waals surface area contributed by atoms with Crippen LogP contribution in [0.4, 0.5) is 26.1 Å². The van der Waals surface area contributed by atoms with Gasteiger partial charge in [-0.25, -0.2) is 18.7 Å². The van der Waals surface area contributed by atoms with Crippen LogP contribution in [0.2, 0.25) is 0 Å². The lowest BCUT2D eigenvalue weighted by Gasteiger charge is -2.38. The summed E-state index contributed by atoms with van der Waals surface area (Å²) in [6.07, 6.45) is 5.66. The summed E-state index contributed by atoms with van der Waals surface area (Å²) in [6, 6.07) is 9.40. The van der Waals surface area contributed by atoms with Gasteiger partial charge in [0, 0.05) is 56.1 Å². The van der Waals surface area contributed by atoms with E-state index in [1.165, 1.54) is 23.0 Å². The molecule has 1 fully saturated rings. The molecule has 0 saturated carbocycles. The van der Waals surface area contributed by atoms with Crippen molar-refractivity contribution < 1.29 is 23.4 Å². The molecule has 1 amide bonds. The summed E-state index contributed by atoms with van der Waals surface area (Å²) in [7, 11) is 2.04. The number of aliphatic hydroxyl groups excluding tert-OH is 1. The number of halogens is 2. The van der Waals surface area contributed by atoms with Gasteiger partial charge in [0.25, 0.3) is 0 Å². The zero-order valence-corrected chi connectivity index (χ0v) is 22.6. The van der Waals surface area contributed by atoms with E-state index in [-0.39, 0.29) is 24.9 Å². The first kappa shape index (κ1) is 28.3. The molecular weight excluding hydrogens is 534 g/mol. The number of fused-ring (bicyclic) bond motifs is 1. The Hall–Kier alpha value is -4.20. The highest BCUT2D eigenvalue weighted by atomic mass is 19.2. The van der Waals surface area contributed by atoms with Crippen LogP contribution >= 0.6 is 0 Å². The molecule has 5 rings (SSSR count). The first-order valence-electron chi connectivity index (χ1n) is 13.3. The number of hydrogen-bond donors (Lipinski definition) is 3. The number of carbonyl (C=O) groups excluding carboxylic acids is 1. The van der Waals surface area contributed by atoms with Gasteiger partial charge in [0.15, 0.2) is 11.6 Å². The molecule has 3 heterocycles. The summed E-state index contributed by atoms with van der Waals surface area (Å²) in [5.74, 6) is -1.66. The maximum atomic E-state index is 13.8. The van der Waals surface area contributed by atoms with Gasteiger partial charge in [0.2, 0.25) is 11.9 Å². The van der Waals surface area contributed by atoms with Gasteiger partial charge >= 0.3 is 0 Å². The molecule has 0 spiro atoms. The van der Waals surface area contributed by atoms with Crippen LogP contribution in [0.5, 0.6) is 5.75 Å². The summed E-state index contributed by atoms with van der Waals surface area (Å²) < 4.78 is 34.5. The number of aromatic nitrogens is 4. The molecule has 0 bridgehead atoms. The summed E-state index contributed by atoms with van der Waals surface area (Å²) >= 11 is 0. The molecule has 1 aliphatic rings. The second-order valence-corrected chi connectivity index (χ2v) is 9.94. The molecule has 4 aromatic rings. The van der Waals surface area contributed by atoms with Crippen molar-refractivity contribution >= 4 is 34.1 Å². The average molecular weight is 567 g/mol. The van der Waals surface area contributed by atoms with Crippen LogP contribution in [-0.4, -0.2) is 93.0 Å². The largest absolute Gasteiger partial charge is 0.493 e. The third-order valence-corrected chi connectivity index (χ3v) is 6.93. The van der Waals surface area contributed by atoms with Gasteiger partial charge in [-0.15, -0.1) is 0 Å². The lowest BCUT2D eigenvalue weighted by atomic mass is 10.2. The molecular formula is C28H32F2N8O3. The first-order valence-corrected chi connectivity index (χ1v) is 13.3. The van der Waals surface area contributed by atoms with Crippen LogP contribution in [0, 0.1) is 11.6 Å². The van der Waals surface area contributed by atoms with E-state index in [4.69, 9.17) is 4.74 Å². The quantitative estimate of drug-likeness (QED) is 0.235. The van der Waals surface area contributed by atoms with Crippen molar-refractivity contribution in [3.05, 3.63) is 66.6 Å². The van der Waals surface area contributed by atoms with Crippen LogP contribution in [0.15, 0.2) is 55.0 Å². The zero-order chi connectivity index (χ0) is 28.8. The van der Waals surface area contributed by atoms with Crippen molar-refractivity contribution in [2.45, 2.75) is 19.0 Å². The standard InChI is InChI=1S/C28H32F2N8O3/c1-36-9-10-37(16-21(36)18-39)8-3-11-41-22-7-6-19-13-31-28(35-25(19)12-22)33-20-14-32-38(15-20)17-26(40)34-24-5-2-4-23(29)27(24)30/h2,4-7,12-15,21,39H,3,8-11,16-18H2,1H3,(H,34,40)(H,31,33,35)/t21-/m0/s1. The monoisotopic (exact) mass is 566 g/mol. The van der Waals surface area contributed by atoms with E-state index >= 15 is 0 Å². The number of piperazine rings is 1. The van der Waals surface area contributed by atoms with Crippen molar-refractivity contribution in [2.75, 3.05) is 57.1 Å². The van der Waals surface area contributed by atoms with E-state index in [1.807, 2.05) is 25.2 Å². The normalized spacial score (nSPS) is 16.1. The number of benzene rings is 2. The van der Waals surface area contributed by atoms with Crippen molar-refractivity contribution in [3.8, 4) is 5.75 Å². The van der Waals surface area contributed by atoms with Gasteiger partial charge in [-0.3, -0.25) is 14.4 Å². The Kier molecular flexibility index (Phi) is 8.97. The van der Waals surface area contributed by atoms with Gasteiger partial charge in [-0.05, 0) is 37.7 Å². The summed E-state index contributed by atoms with van der Waals surface area (Å²) in [5.41, 5.74) is 1.02. The number of nitrogens with zero attached hydrogens (tertiary/aromatic N) is 6. The number of hydrogen-bond acceptors (Lipinski definition) is 9. The van der Waals surface area contributed by atoms with Crippen molar-refractivity contribution in [2.24, 2.45) is 0 Å². The van der Waals surface area contributed by atoms with Crippen molar-refractivity contribution in [1.29, 1.82) is 0 Å². The van der Waals surface area contributed by atoms with E-state index in [0.717, 1.165) is 44.1 Å². The van der Waals surface area contributed by atoms with Crippen LogP contribution in [0.3, 0.4) is 0 Å². The second-order valence-electron chi connectivity index (χ2n) is 9.94. The van der Waals surface area contributed by atoms with Crippen molar-refractivity contribution in [3.63, 3.8) is 0 Å². The lowest BCUT2D eigenvalue weighted by molar-refractivity contribution is -0.116. The number of amides is 1. The Morgan fingerprint density at radius 2 is 2.07 bits per heavy atom. The molecule has 2 aromatic carbocycles. The van der Waals surface area contributed by atoms with E-state index < -0.39 is 17.5 Å². The Bertz CT molecular complexity index is 1500. The fourth-order valence-electron chi connectivity index (χ4n) is 4.62. The zero-order valence-electron chi connectivity index (χ0n) is 22.6. The number of aliphatic hydroxyl groups is 1. The molecule has 1 atom stereocenters. The Labute approximate surface area is 235 Å². The van der Waals surface area contributed by atoms with E-state index in [0.29, 0.717) is 29.5 Å². The molecule has 11 nitrogen and oxygen atoms in total. The van der Waals surface area contributed by atoms with Gasteiger partial charge in [-0.2, -0.15) is 5.10 Å². The highest BCUT2D eigenvalue weighted by Crippen LogP contribution is 2.22. The number of likely N-dealkylation sites (N-methyl/N-ethyl adjacent to an activating group) is 1. The minimum atomic E-state index is -1.12. The molecule has 216 valence electrons. The Morgan fingerprint density at radius 1 is 1.20 bits per heavy atom. The van der Waals surface area contributed by atoms with E-state index in [9.17, 15) is 18.7 Å². The van der Waals surface area contributed by atoms with Gasteiger partial charge < -0.3 is 25.4 Å². The molecule has 3 N–H and O–H groups in total. The predicted molar refractivity (Wildman–Crippen MR) is 150 cm³/mol. The number of anilines is 3. The highest BCUT2D eigenvalue weighted by molar-refractivity contribution is 5.90. The van der Waals surface area contributed by atoms with Crippen LogP contribution in [0.1, 0.15) is 6.42 Å². The van der Waals surface area contributed by atoms with E-state index in [2.05, 4.69) is 35.5 Å². The molecule has 1 aliphatic heterocycles.